The molecular formula is C17H17F3N2O2. The highest BCUT2D eigenvalue weighted by molar-refractivity contribution is 5.62. The van der Waals surface area contributed by atoms with E-state index in [4.69, 9.17) is 0 Å². The summed E-state index contributed by atoms with van der Waals surface area (Å²) in [5.41, 5.74) is 1.69. The molecule has 0 saturated carbocycles. The molecule has 4 nitrogen and oxygen atoms in total. The third-order valence-electron chi connectivity index (χ3n) is 3.38. The Kier molecular flexibility index (Phi) is 5.43. The number of ether oxygens (including phenoxy) is 1. The van der Waals surface area contributed by atoms with Gasteiger partial charge in [0.1, 0.15) is 5.75 Å². The molecule has 2 aromatic rings. The molecule has 0 aliphatic rings. The van der Waals surface area contributed by atoms with Crippen molar-refractivity contribution in [3.05, 3.63) is 58.0 Å². The van der Waals surface area contributed by atoms with Gasteiger partial charge in [0.15, 0.2) is 0 Å². The van der Waals surface area contributed by atoms with Crippen LogP contribution in [-0.4, -0.2) is 23.7 Å². The van der Waals surface area contributed by atoms with Gasteiger partial charge in [0.25, 0.3) is 5.56 Å². The topological polar surface area (TPSA) is 43.6 Å². The van der Waals surface area contributed by atoms with Crippen LogP contribution in [0, 0.1) is 6.92 Å². The molecule has 0 aliphatic heterocycles. The number of halogens is 3. The maximum Gasteiger partial charge on any atom is 0.573 e. The molecule has 0 N–H and O–H groups in total. The van der Waals surface area contributed by atoms with Gasteiger partial charge in [-0.05, 0) is 49.7 Å². The second-order valence-electron chi connectivity index (χ2n) is 5.08. The first-order valence-electron chi connectivity index (χ1n) is 7.37. The Morgan fingerprint density at radius 1 is 1.21 bits per heavy atom. The quantitative estimate of drug-likeness (QED) is 0.781. The summed E-state index contributed by atoms with van der Waals surface area (Å²) < 4.78 is 41.8. The Bertz CT molecular complexity index is 778. The van der Waals surface area contributed by atoms with E-state index in [-0.39, 0.29) is 11.3 Å². The summed E-state index contributed by atoms with van der Waals surface area (Å²) in [6, 6.07) is 6.95. The van der Waals surface area contributed by atoms with Crippen LogP contribution in [0.4, 0.5) is 13.2 Å². The van der Waals surface area contributed by atoms with E-state index in [1.165, 1.54) is 28.8 Å². The van der Waals surface area contributed by atoms with Crippen LogP contribution in [0.15, 0.2) is 46.3 Å². The average molecular weight is 338 g/mol. The van der Waals surface area contributed by atoms with Crippen molar-refractivity contribution in [2.75, 3.05) is 6.54 Å². The van der Waals surface area contributed by atoms with E-state index in [1.54, 1.807) is 18.5 Å². The summed E-state index contributed by atoms with van der Waals surface area (Å²) >= 11 is 0. The second-order valence-corrected chi connectivity index (χ2v) is 5.08. The number of aliphatic imine (C=N–C) groups is 1. The van der Waals surface area contributed by atoms with E-state index >= 15 is 0 Å². The SMILES string of the molecule is CC/N=C/Cc1c(C)ccn(-c2ccc(OC(F)(F)F)cc2)c1=O. The van der Waals surface area contributed by atoms with Crippen LogP contribution in [0.1, 0.15) is 18.1 Å². The van der Waals surface area contributed by atoms with Crippen LogP contribution < -0.4 is 10.3 Å². The number of alkyl halides is 3. The lowest BCUT2D eigenvalue weighted by molar-refractivity contribution is -0.274. The monoisotopic (exact) mass is 338 g/mol. The van der Waals surface area contributed by atoms with E-state index in [0.717, 1.165) is 5.56 Å². The minimum Gasteiger partial charge on any atom is -0.406 e. The van der Waals surface area contributed by atoms with Crippen molar-refractivity contribution >= 4 is 6.21 Å². The van der Waals surface area contributed by atoms with Gasteiger partial charge in [0, 0.05) is 36.6 Å². The van der Waals surface area contributed by atoms with E-state index in [9.17, 15) is 18.0 Å². The van der Waals surface area contributed by atoms with Gasteiger partial charge in [-0.1, -0.05) is 0 Å². The molecule has 0 radical (unpaired) electrons. The molecule has 0 bridgehead atoms. The van der Waals surface area contributed by atoms with Gasteiger partial charge in [0.05, 0.1) is 0 Å². The standard InChI is InChI=1S/C17H17F3N2O2/c1-3-21-10-8-15-12(2)9-11-22(16(15)23)13-4-6-14(7-5-13)24-17(18,19)20/h4-7,9-11H,3,8H2,1-2H3/b21-10+. The van der Waals surface area contributed by atoms with Crippen molar-refractivity contribution in [2.45, 2.75) is 26.6 Å². The molecule has 0 fully saturated rings. The molecule has 1 aromatic heterocycles. The van der Waals surface area contributed by atoms with Gasteiger partial charge in [-0.3, -0.25) is 14.4 Å². The number of nitrogens with zero attached hydrogens (tertiary/aromatic N) is 2. The predicted octanol–water partition coefficient (Wildman–Crippen LogP) is 3.68. The number of rotatable bonds is 5. The number of aromatic nitrogens is 1. The van der Waals surface area contributed by atoms with Crippen molar-refractivity contribution in [3.63, 3.8) is 0 Å². The smallest absolute Gasteiger partial charge is 0.406 e. The summed E-state index contributed by atoms with van der Waals surface area (Å²) in [5.74, 6) is -0.332. The van der Waals surface area contributed by atoms with E-state index in [0.29, 0.717) is 24.2 Å². The van der Waals surface area contributed by atoms with Crippen molar-refractivity contribution < 1.29 is 17.9 Å². The molecule has 2 rings (SSSR count). The van der Waals surface area contributed by atoms with Crippen LogP contribution in [0.25, 0.3) is 5.69 Å². The van der Waals surface area contributed by atoms with Crippen LogP contribution in [-0.2, 0) is 6.42 Å². The Labute approximate surface area is 137 Å². The molecule has 0 atom stereocenters. The van der Waals surface area contributed by atoms with Gasteiger partial charge in [-0.2, -0.15) is 0 Å². The zero-order valence-electron chi connectivity index (χ0n) is 13.3. The fourth-order valence-corrected chi connectivity index (χ4v) is 2.21. The summed E-state index contributed by atoms with van der Waals surface area (Å²) in [6.45, 7) is 4.37. The van der Waals surface area contributed by atoms with Crippen LogP contribution in [0.2, 0.25) is 0 Å². The lowest BCUT2D eigenvalue weighted by Gasteiger charge is -2.12. The number of pyridine rings is 1. The summed E-state index contributed by atoms with van der Waals surface area (Å²) in [7, 11) is 0. The molecule has 1 aromatic carbocycles. The fraction of sp³-hybridized carbons (Fsp3) is 0.294. The summed E-state index contributed by atoms with van der Waals surface area (Å²) in [6.07, 6.45) is -1.05. The number of hydrogen-bond donors (Lipinski definition) is 0. The minimum absolute atomic E-state index is 0.220. The first-order chi connectivity index (χ1) is 11.3. The molecule has 0 unspecified atom stereocenters. The molecule has 0 spiro atoms. The van der Waals surface area contributed by atoms with Crippen LogP contribution in [0.5, 0.6) is 5.75 Å². The predicted molar refractivity (Wildman–Crippen MR) is 86.2 cm³/mol. The van der Waals surface area contributed by atoms with E-state index in [2.05, 4.69) is 9.73 Å². The molecule has 0 amide bonds. The highest BCUT2D eigenvalue weighted by Crippen LogP contribution is 2.23. The van der Waals surface area contributed by atoms with Crippen LogP contribution >= 0.6 is 0 Å². The Morgan fingerprint density at radius 3 is 2.46 bits per heavy atom. The first kappa shape index (κ1) is 17.8. The Hall–Kier alpha value is -2.57. The van der Waals surface area contributed by atoms with Crippen molar-refractivity contribution in [3.8, 4) is 11.4 Å². The van der Waals surface area contributed by atoms with Crippen molar-refractivity contribution in [2.24, 2.45) is 4.99 Å². The molecule has 0 aliphatic carbocycles. The number of hydrogen-bond acceptors (Lipinski definition) is 3. The van der Waals surface area contributed by atoms with Gasteiger partial charge in [-0.25, -0.2) is 0 Å². The third kappa shape index (κ3) is 4.47. The zero-order chi connectivity index (χ0) is 17.7. The second kappa shape index (κ2) is 7.33. The third-order valence-corrected chi connectivity index (χ3v) is 3.38. The molecule has 128 valence electrons. The Balaban J connectivity index is 2.34. The lowest BCUT2D eigenvalue weighted by Crippen LogP contribution is -2.23. The van der Waals surface area contributed by atoms with E-state index in [1.807, 2.05) is 13.8 Å². The lowest BCUT2D eigenvalue weighted by atomic mass is 10.1. The van der Waals surface area contributed by atoms with Crippen LogP contribution in [0.3, 0.4) is 0 Å². The van der Waals surface area contributed by atoms with Crippen molar-refractivity contribution in [1.82, 2.24) is 4.57 Å². The van der Waals surface area contributed by atoms with Gasteiger partial charge >= 0.3 is 6.36 Å². The average Bonchev–Trinajstić information content (AvgIpc) is 2.50. The number of benzene rings is 1. The van der Waals surface area contributed by atoms with Gasteiger partial charge in [-0.15, -0.1) is 13.2 Å². The summed E-state index contributed by atoms with van der Waals surface area (Å²) in [4.78, 5) is 16.7. The molecule has 7 heteroatoms. The molecule has 24 heavy (non-hydrogen) atoms. The van der Waals surface area contributed by atoms with Crippen molar-refractivity contribution in [1.29, 1.82) is 0 Å². The minimum atomic E-state index is -4.74. The molecular weight excluding hydrogens is 321 g/mol. The molecule has 1 heterocycles. The normalized spacial score (nSPS) is 11.9. The first-order valence-corrected chi connectivity index (χ1v) is 7.37. The fourth-order valence-electron chi connectivity index (χ4n) is 2.21. The number of aryl methyl sites for hydroxylation is 1. The Morgan fingerprint density at radius 2 is 1.88 bits per heavy atom. The maximum atomic E-state index is 12.6. The summed E-state index contributed by atoms with van der Waals surface area (Å²) in [5, 5.41) is 0. The molecule has 0 saturated heterocycles. The highest BCUT2D eigenvalue weighted by atomic mass is 19.4. The van der Waals surface area contributed by atoms with Gasteiger partial charge in [0.2, 0.25) is 0 Å². The maximum absolute atomic E-state index is 12.6. The van der Waals surface area contributed by atoms with Gasteiger partial charge < -0.3 is 4.74 Å². The van der Waals surface area contributed by atoms with E-state index < -0.39 is 6.36 Å². The zero-order valence-corrected chi connectivity index (χ0v) is 13.3. The highest BCUT2D eigenvalue weighted by Gasteiger charge is 2.30. The largest absolute Gasteiger partial charge is 0.573 e.